The molecule has 0 radical (unpaired) electrons. The molecule has 0 amide bonds. The summed E-state index contributed by atoms with van der Waals surface area (Å²) in [4.78, 5) is 0. The molecule has 1 aliphatic carbocycles. The topological polar surface area (TPSA) is 12.0 Å². The smallest absolute Gasteiger partial charge is 0.0660 e. The summed E-state index contributed by atoms with van der Waals surface area (Å²) < 4.78 is 0. The maximum Gasteiger partial charge on any atom is 0.0660 e. The number of hydrogen-bond donors (Lipinski definition) is 1. The minimum atomic E-state index is 0.171. The van der Waals surface area contributed by atoms with Crippen molar-refractivity contribution in [3.63, 3.8) is 0 Å². The maximum absolute atomic E-state index is 5.46. The van der Waals surface area contributed by atoms with Crippen LogP contribution in [0.4, 0.5) is 0 Å². The van der Waals surface area contributed by atoms with Crippen LogP contribution in [0.25, 0.3) is 0 Å². The second kappa shape index (κ2) is 5.89. The fourth-order valence-corrected chi connectivity index (χ4v) is 2.80. The van der Waals surface area contributed by atoms with Crippen molar-refractivity contribution >= 4 is 0 Å². The molecule has 3 atom stereocenters. The Kier molecular flexibility index (Phi) is 4.23. The second-order valence-electron chi connectivity index (χ2n) is 4.96. The molecule has 3 unspecified atom stereocenters. The van der Waals surface area contributed by atoms with Gasteiger partial charge < -0.3 is 5.32 Å². The third-order valence-electron chi connectivity index (χ3n) is 3.71. The van der Waals surface area contributed by atoms with Gasteiger partial charge >= 0.3 is 0 Å². The van der Waals surface area contributed by atoms with E-state index in [1.165, 1.54) is 31.2 Å². The molecule has 1 aromatic carbocycles. The van der Waals surface area contributed by atoms with Crippen molar-refractivity contribution in [3.8, 4) is 12.3 Å². The Hall–Kier alpha value is -1.26. The first-order valence-electron chi connectivity index (χ1n) is 6.58. The van der Waals surface area contributed by atoms with Gasteiger partial charge in [-0.25, -0.2) is 0 Å². The molecule has 2 rings (SSSR count). The molecular weight excluding hydrogens is 206 g/mol. The largest absolute Gasteiger partial charge is 0.301 e. The molecule has 0 saturated heterocycles. The van der Waals surface area contributed by atoms with Crippen molar-refractivity contribution in [1.82, 2.24) is 5.32 Å². The van der Waals surface area contributed by atoms with Crippen LogP contribution in [-0.2, 0) is 0 Å². The van der Waals surface area contributed by atoms with Crippen LogP contribution in [0.15, 0.2) is 30.3 Å². The Morgan fingerprint density at radius 3 is 2.65 bits per heavy atom. The van der Waals surface area contributed by atoms with E-state index in [4.69, 9.17) is 6.42 Å². The number of terminal acetylenes is 1. The van der Waals surface area contributed by atoms with Crippen LogP contribution in [0, 0.1) is 12.3 Å². The summed E-state index contributed by atoms with van der Waals surface area (Å²) in [6, 6.07) is 11.5. The van der Waals surface area contributed by atoms with Gasteiger partial charge in [0.1, 0.15) is 0 Å². The van der Waals surface area contributed by atoms with Gasteiger partial charge in [-0.3, -0.25) is 0 Å². The van der Waals surface area contributed by atoms with Gasteiger partial charge in [-0.1, -0.05) is 49.1 Å². The molecule has 0 bridgehead atoms. The number of nitrogens with one attached hydrogen (secondary N) is 1. The summed E-state index contributed by atoms with van der Waals surface area (Å²) in [5, 5.41) is 3.58. The Balaban J connectivity index is 2.10. The van der Waals surface area contributed by atoms with Crippen molar-refractivity contribution in [2.75, 3.05) is 0 Å². The number of hydrogen-bond acceptors (Lipinski definition) is 1. The Morgan fingerprint density at radius 1 is 1.24 bits per heavy atom. The summed E-state index contributed by atoms with van der Waals surface area (Å²) in [6.45, 7) is 2.07. The predicted octanol–water partition coefficient (Wildman–Crippen LogP) is 3.32. The highest BCUT2D eigenvalue weighted by molar-refractivity contribution is 5.22. The molecule has 17 heavy (non-hydrogen) atoms. The molecular formula is C16H21N. The fraction of sp³-hybridized carbons (Fsp3) is 0.500. The standard InChI is InChI=1S/C16H21N/c1-3-13(2)17-16-12-8-7-11-15(16)14-9-5-4-6-10-14/h1,4-6,9-10,13,15-17H,7-8,11-12H2,2H3. The van der Waals surface area contributed by atoms with Gasteiger partial charge in [0.15, 0.2) is 0 Å². The first kappa shape index (κ1) is 12.2. The molecule has 1 N–H and O–H groups in total. The van der Waals surface area contributed by atoms with Crippen LogP contribution in [0.3, 0.4) is 0 Å². The lowest BCUT2D eigenvalue weighted by atomic mass is 9.80. The molecule has 1 heteroatoms. The third-order valence-corrected chi connectivity index (χ3v) is 3.71. The average Bonchev–Trinajstić information content (AvgIpc) is 2.40. The Labute approximate surface area is 105 Å². The molecule has 0 aromatic heterocycles. The van der Waals surface area contributed by atoms with Crippen LogP contribution in [-0.4, -0.2) is 12.1 Å². The summed E-state index contributed by atoms with van der Waals surface area (Å²) >= 11 is 0. The molecule has 1 aliphatic rings. The zero-order valence-corrected chi connectivity index (χ0v) is 10.5. The molecule has 90 valence electrons. The normalized spacial score (nSPS) is 26.1. The van der Waals surface area contributed by atoms with Crippen LogP contribution in [0.2, 0.25) is 0 Å². The van der Waals surface area contributed by atoms with Gasteiger partial charge in [0.2, 0.25) is 0 Å². The van der Waals surface area contributed by atoms with Gasteiger partial charge in [0, 0.05) is 6.04 Å². The minimum Gasteiger partial charge on any atom is -0.301 e. The van der Waals surface area contributed by atoms with Crippen molar-refractivity contribution in [1.29, 1.82) is 0 Å². The van der Waals surface area contributed by atoms with Crippen LogP contribution >= 0.6 is 0 Å². The highest BCUT2D eigenvalue weighted by Crippen LogP contribution is 2.33. The lowest BCUT2D eigenvalue weighted by Gasteiger charge is -2.33. The van der Waals surface area contributed by atoms with E-state index in [9.17, 15) is 0 Å². The number of rotatable bonds is 3. The monoisotopic (exact) mass is 227 g/mol. The quantitative estimate of drug-likeness (QED) is 0.781. The van der Waals surface area contributed by atoms with Crippen molar-refractivity contribution in [2.45, 2.75) is 50.6 Å². The summed E-state index contributed by atoms with van der Waals surface area (Å²) in [6.07, 6.45) is 10.6. The zero-order valence-electron chi connectivity index (χ0n) is 10.5. The van der Waals surface area contributed by atoms with Gasteiger partial charge in [-0.05, 0) is 31.2 Å². The second-order valence-corrected chi connectivity index (χ2v) is 4.96. The molecule has 0 aliphatic heterocycles. The molecule has 0 spiro atoms. The van der Waals surface area contributed by atoms with E-state index in [1.807, 2.05) is 0 Å². The van der Waals surface area contributed by atoms with Gasteiger partial charge in [-0.15, -0.1) is 6.42 Å². The first-order valence-corrected chi connectivity index (χ1v) is 6.58. The number of benzene rings is 1. The first-order chi connectivity index (χ1) is 8.31. The van der Waals surface area contributed by atoms with Crippen LogP contribution < -0.4 is 5.32 Å². The van der Waals surface area contributed by atoms with Crippen molar-refractivity contribution in [3.05, 3.63) is 35.9 Å². The maximum atomic E-state index is 5.46. The Morgan fingerprint density at radius 2 is 1.94 bits per heavy atom. The van der Waals surface area contributed by atoms with Crippen molar-refractivity contribution in [2.24, 2.45) is 0 Å². The Bertz CT molecular complexity index is 376. The molecule has 1 fully saturated rings. The molecule has 1 aromatic rings. The van der Waals surface area contributed by atoms with Crippen LogP contribution in [0.1, 0.15) is 44.1 Å². The van der Waals surface area contributed by atoms with E-state index < -0.39 is 0 Å². The molecule has 0 heterocycles. The highest BCUT2D eigenvalue weighted by Gasteiger charge is 2.26. The lowest BCUT2D eigenvalue weighted by molar-refractivity contribution is 0.320. The lowest BCUT2D eigenvalue weighted by Crippen LogP contribution is -2.41. The fourth-order valence-electron chi connectivity index (χ4n) is 2.80. The highest BCUT2D eigenvalue weighted by atomic mass is 14.9. The van der Waals surface area contributed by atoms with E-state index in [0.29, 0.717) is 12.0 Å². The van der Waals surface area contributed by atoms with Crippen LogP contribution in [0.5, 0.6) is 0 Å². The summed E-state index contributed by atoms with van der Waals surface area (Å²) in [7, 11) is 0. The summed E-state index contributed by atoms with van der Waals surface area (Å²) in [5.41, 5.74) is 1.45. The van der Waals surface area contributed by atoms with E-state index >= 15 is 0 Å². The molecule has 1 nitrogen and oxygen atoms in total. The SMILES string of the molecule is C#CC(C)NC1CCCCC1c1ccccc1. The van der Waals surface area contributed by atoms with E-state index in [-0.39, 0.29) is 6.04 Å². The predicted molar refractivity (Wildman–Crippen MR) is 72.9 cm³/mol. The average molecular weight is 227 g/mol. The van der Waals surface area contributed by atoms with E-state index in [2.05, 4.69) is 48.5 Å². The van der Waals surface area contributed by atoms with Gasteiger partial charge in [0.05, 0.1) is 6.04 Å². The van der Waals surface area contributed by atoms with Gasteiger partial charge in [0.25, 0.3) is 0 Å². The molecule has 1 saturated carbocycles. The van der Waals surface area contributed by atoms with Gasteiger partial charge in [-0.2, -0.15) is 0 Å². The summed E-state index contributed by atoms with van der Waals surface area (Å²) in [5.74, 6) is 3.40. The van der Waals surface area contributed by atoms with Crippen molar-refractivity contribution < 1.29 is 0 Å². The van der Waals surface area contributed by atoms with E-state index in [1.54, 1.807) is 0 Å². The third kappa shape index (κ3) is 3.11. The minimum absolute atomic E-state index is 0.171. The zero-order chi connectivity index (χ0) is 12.1. The van der Waals surface area contributed by atoms with E-state index in [0.717, 1.165) is 0 Å².